The first-order valence-electron chi connectivity index (χ1n) is 0.567. The van der Waals surface area contributed by atoms with Crippen molar-refractivity contribution >= 4 is 0 Å². The standard InChI is InChI=1S/CF3.Co/c2-1(3)4;. The van der Waals surface area contributed by atoms with Gasteiger partial charge in [-0.1, -0.05) is 0 Å². The van der Waals surface area contributed by atoms with Crippen LogP contribution in [0, 0.1) is 6.68 Å². The van der Waals surface area contributed by atoms with E-state index >= 15 is 0 Å². The van der Waals surface area contributed by atoms with Gasteiger partial charge in [-0.2, -0.15) is 13.2 Å². The second-order valence-corrected chi connectivity index (χ2v) is 0.214. The van der Waals surface area contributed by atoms with Crippen LogP contribution < -0.4 is 0 Å². The van der Waals surface area contributed by atoms with Gasteiger partial charge in [0, 0.05) is 16.8 Å². The summed E-state index contributed by atoms with van der Waals surface area (Å²) in [6.45, 7) is -3.08. The molecule has 0 amide bonds. The molecular weight excluding hydrogens is 128 g/mol. The van der Waals surface area contributed by atoms with Gasteiger partial charge in [0.1, 0.15) is 0 Å². The van der Waals surface area contributed by atoms with Gasteiger partial charge in [0.15, 0.2) is 0 Å². The van der Waals surface area contributed by atoms with Crippen LogP contribution in [-0.2, 0) is 16.8 Å². The smallest absolute Gasteiger partial charge is 0.162 e. The Bertz CT molecular complexity index is 11.6. The van der Waals surface area contributed by atoms with Gasteiger partial charge in [-0.15, -0.1) is 0 Å². The molecule has 0 spiro atoms. The molecule has 0 atom stereocenters. The Morgan fingerprint density at radius 3 is 1.00 bits per heavy atom. The summed E-state index contributed by atoms with van der Waals surface area (Å²) in [5, 5.41) is 0. The monoisotopic (exact) mass is 128 g/mol. The topological polar surface area (TPSA) is 0 Å². The Kier molecular flexibility index (Phi) is 7.73. The first-order chi connectivity index (χ1) is 1.73. The summed E-state index contributed by atoms with van der Waals surface area (Å²) in [5.41, 5.74) is 0. The predicted molar refractivity (Wildman–Crippen MR) is 6.57 cm³/mol. The van der Waals surface area contributed by atoms with Crippen molar-refractivity contribution < 1.29 is 30.0 Å². The van der Waals surface area contributed by atoms with Crippen molar-refractivity contribution in [3.05, 3.63) is 6.68 Å². The Hall–Kier alpha value is 0.296. The van der Waals surface area contributed by atoms with Crippen molar-refractivity contribution in [2.75, 3.05) is 0 Å². The molecule has 0 saturated carbocycles. The molecular formula is CCoF3. The van der Waals surface area contributed by atoms with Crippen molar-refractivity contribution in [1.82, 2.24) is 0 Å². The SMILES string of the molecule is F[C](F)F.[Co]. The van der Waals surface area contributed by atoms with Crippen LogP contribution in [0.5, 0.6) is 0 Å². The molecule has 0 aromatic heterocycles. The second kappa shape index (κ2) is 4.30. The number of halogens is 3. The van der Waals surface area contributed by atoms with Gasteiger partial charge in [0.25, 0.3) is 0 Å². The third-order valence-corrected chi connectivity index (χ3v) is 0. The molecule has 0 fully saturated rings. The molecule has 0 nitrogen and oxygen atoms in total. The van der Waals surface area contributed by atoms with E-state index in [1.807, 2.05) is 0 Å². The molecule has 0 rings (SSSR count). The molecule has 0 heterocycles. The largest absolute Gasteiger partial charge is 0.487 e. The molecule has 5 heavy (non-hydrogen) atoms. The number of rotatable bonds is 0. The molecule has 0 bridgehead atoms. The van der Waals surface area contributed by atoms with Crippen molar-refractivity contribution in [1.29, 1.82) is 0 Å². The molecule has 0 aliphatic rings. The first-order valence-corrected chi connectivity index (χ1v) is 0.567. The van der Waals surface area contributed by atoms with E-state index in [9.17, 15) is 13.2 Å². The van der Waals surface area contributed by atoms with Crippen LogP contribution in [0.15, 0.2) is 0 Å². The van der Waals surface area contributed by atoms with Crippen LogP contribution in [0.1, 0.15) is 0 Å². The molecule has 0 aromatic carbocycles. The van der Waals surface area contributed by atoms with Crippen LogP contribution in [0.2, 0.25) is 0 Å². The average molecular weight is 128 g/mol. The summed E-state index contributed by atoms with van der Waals surface area (Å²) >= 11 is 0. The van der Waals surface area contributed by atoms with Crippen molar-refractivity contribution in [2.45, 2.75) is 0 Å². The van der Waals surface area contributed by atoms with Gasteiger partial charge in [-0.05, 0) is 0 Å². The molecule has 0 aromatic rings. The Morgan fingerprint density at radius 1 is 1.00 bits per heavy atom. The van der Waals surface area contributed by atoms with Crippen LogP contribution in [0.3, 0.4) is 0 Å². The molecule has 0 N–H and O–H groups in total. The zero-order chi connectivity index (χ0) is 3.58. The summed E-state index contributed by atoms with van der Waals surface area (Å²) in [5.74, 6) is 0. The Labute approximate surface area is 37.6 Å². The van der Waals surface area contributed by atoms with Crippen molar-refractivity contribution in [2.24, 2.45) is 0 Å². The van der Waals surface area contributed by atoms with Crippen molar-refractivity contribution in [3.8, 4) is 0 Å². The molecule has 0 saturated heterocycles. The van der Waals surface area contributed by atoms with Gasteiger partial charge < -0.3 is 0 Å². The van der Waals surface area contributed by atoms with Crippen molar-refractivity contribution in [3.63, 3.8) is 0 Å². The number of hydrogen-bond donors (Lipinski definition) is 0. The summed E-state index contributed by atoms with van der Waals surface area (Å²) in [4.78, 5) is 0. The first kappa shape index (κ1) is 9.00. The van der Waals surface area contributed by atoms with Gasteiger partial charge in [0.2, 0.25) is 0 Å². The normalized spacial score (nSPS) is 7.20. The maximum Gasteiger partial charge on any atom is 0.487 e. The Balaban J connectivity index is 0. The van der Waals surface area contributed by atoms with E-state index in [0.717, 1.165) is 0 Å². The fourth-order valence-electron chi connectivity index (χ4n) is 0. The molecule has 0 unspecified atom stereocenters. The minimum absolute atomic E-state index is 0. The molecule has 0 aliphatic heterocycles. The van der Waals surface area contributed by atoms with Gasteiger partial charge in [0.05, 0.1) is 0 Å². The molecule has 34 valence electrons. The summed E-state index contributed by atoms with van der Waals surface area (Å²) in [6, 6.07) is 0. The zero-order valence-corrected chi connectivity index (χ0v) is 3.01. The van der Waals surface area contributed by atoms with E-state index in [1.54, 1.807) is 0 Å². The molecule has 0 aliphatic carbocycles. The average Bonchev–Trinajstić information content (AvgIpc) is 0.811. The van der Waals surface area contributed by atoms with E-state index in [-0.39, 0.29) is 16.8 Å². The summed E-state index contributed by atoms with van der Waals surface area (Å²) < 4.78 is 28.8. The van der Waals surface area contributed by atoms with E-state index in [2.05, 4.69) is 0 Å². The molecule has 4 heteroatoms. The summed E-state index contributed by atoms with van der Waals surface area (Å²) in [7, 11) is 0. The molecule has 2 radical (unpaired) electrons. The fourth-order valence-corrected chi connectivity index (χ4v) is 0. The van der Waals surface area contributed by atoms with Gasteiger partial charge >= 0.3 is 6.68 Å². The zero-order valence-electron chi connectivity index (χ0n) is 1.97. The minimum atomic E-state index is -3.08. The van der Waals surface area contributed by atoms with Crippen LogP contribution >= 0.6 is 0 Å². The summed E-state index contributed by atoms with van der Waals surface area (Å²) in [6.07, 6.45) is 0. The van der Waals surface area contributed by atoms with Crippen LogP contribution in [0.25, 0.3) is 0 Å². The van der Waals surface area contributed by atoms with Crippen LogP contribution in [0.4, 0.5) is 13.2 Å². The predicted octanol–water partition coefficient (Wildman–Crippen LogP) is 1.34. The minimum Gasteiger partial charge on any atom is -0.162 e. The quantitative estimate of drug-likeness (QED) is 0.461. The van der Waals surface area contributed by atoms with Gasteiger partial charge in [-0.3, -0.25) is 0 Å². The van der Waals surface area contributed by atoms with E-state index < -0.39 is 6.68 Å². The van der Waals surface area contributed by atoms with E-state index in [4.69, 9.17) is 0 Å². The van der Waals surface area contributed by atoms with E-state index in [1.165, 1.54) is 0 Å². The fraction of sp³-hybridized carbons (Fsp3) is 0. The van der Waals surface area contributed by atoms with Gasteiger partial charge in [-0.25, -0.2) is 0 Å². The maximum absolute atomic E-state index is 9.58. The number of hydrogen-bond acceptors (Lipinski definition) is 0. The second-order valence-electron chi connectivity index (χ2n) is 0.214. The van der Waals surface area contributed by atoms with Crippen LogP contribution in [-0.4, -0.2) is 0 Å². The third kappa shape index (κ3) is 258. The van der Waals surface area contributed by atoms with E-state index in [0.29, 0.717) is 0 Å². The maximum atomic E-state index is 9.58. The third-order valence-electron chi connectivity index (χ3n) is 0. The Morgan fingerprint density at radius 2 is 1.00 bits per heavy atom.